The van der Waals surface area contributed by atoms with E-state index in [0.29, 0.717) is 5.69 Å². The van der Waals surface area contributed by atoms with E-state index in [0.717, 1.165) is 0 Å². The number of ether oxygens (including phenoxy) is 2. The fourth-order valence-corrected chi connectivity index (χ4v) is 1.62. The van der Waals surface area contributed by atoms with E-state index < -0.39 is 30.6 Å². The van der Waals surface area contributed by atoms with Gasteiger partial charge in [-0.05, 0) is 19.1 Å². The van der Waals surface area contributed by atoms with Gasteiger partial charge in [0.05, 0.1) is 6.10 Å². The Kier molecular flexibility index (Phi) is 3.66. The van der Waals surface area contributed by atoms with Crippen LogP contribution in [0.25, 0.3) is 0 Å². The molecule has 0 aliphatic carbocycles. The van der Waals surface area contributed by atoms with Gasteiger partial charge in [-0.3, -0.25) is 5.32 Å². The molecule has 3 atom stereocenters. The van der Waals surface area contributed by atoms with E-state index in [2.05, 4.69) is 10.1 Å². The monoisotopic (exact) mass is 275 g/mol. The average molecular weight is 275 g/mol. The van der Waals surface area contributed by atoms with Crippen LogP contribution in [-0.4, -0.2) is 30.6 Å². The zero-order chi connectivity index (χ0) is 14.0. The number of rotatable bonds is 3. The molecule has 1 aliphatic rings. The summed E-state index contributed by atoms with van der Waals surface area (Å²) in [6.45, 7) is 1.49. The van der Waals surface area contributed by atoms with Gasteiger partial charge >= 0.3 is 12.3 Å². The minimum absolute atomic E-state index is 0.359. The van der Waals surface area contributed by atoms with Crippen LogP contribution in [0.4, 0.5) is 23.7 Å². The molecule has 7 heteroatoms. The highest BCUT2D eigenvalue weighted by atomic mass is 19.4. The summed E-state index contributed by atoms with van der Waals surface area (Å²) < 4.78 is 47.2. The first-order valence-corrected chi connectivity index (χ1v) is 5.63. The molecule has 1 saturated heterocycles. The summed E-state index contributed by atoms with van der Waals surface area (Å²) in [6, 6.07) is 8.08. The molecule has 1 amide bonds. The van der Waals surface area contributed by atoms with Crippen molar-refractivity contribution in [1.82, 2.24) is 0 Å². The number of hydrogen-bond donors (Lipinski definition) is 1. The molecule has 19 heavy (non-hydrogen) atoms. The summed E-state index contributed by atoms with van der Waals surface area (Å²) in [5, 5.41) is 2.23. The fraction of sp³-hybridized carbons (Fsp3) is 0.417. The Morgan fingerprint density at radius 2 is 1.95 bits per heavy atom. The predicted octanol–water partition coefficient (Wildman–Crippen LogP) is 2.95. The van der Waals surface area contributed by atoms with Gasteiger partial charge in [0, 0.05) is 5.69 Å². The maximum atomic E-state index is 12.7. The Morgan fingerprint density at radius 3 is 2.42 bits per heavy atom. The van der Waals surface area contributed by atoms with E-state index in [1.54, 1.807) is 30.3 Å². The van der Waals surface area contributed by atoms with Crippen molar-refractivity contribution in [3.8, 4) is 0 Å². The average Bonchev–Trinajstić information content (AvgIpc) is 3.03. The van der Waals surface area contributed by atoms with E-state index in [-0.39, 0.29) is 0 Å². The third kappa shape index (κ3) is 3.60. The number of carbonyl (C=O) groups is 1. The van der Waals surface area contributed by atoms with Gasteiger partial charge in [-0.25, -0.2) is 4.79 Å². The molecule has 1 aromatic rings. The highest BCUT2D eigenvalue weighted by molar-refractivity contribution is 5.84. The number of nitrogens with one attached hydrogen (secondary N) is 1. The van der Waals surface area contributed by atoms with Crippen molar-refractivity contribution in [2.75, 3.05) is 5.32 Å². The van der Waals surface area contributed by atoms with Crippen LogP contribution in [-0.2, 0) is 9.47 Å². The van der Waals surface area contributed by atoms with Crippen molar-refractivity contribution in [2.45, 2.75) is 31.4 Å². The van der Waals surface area contributed by atoms with Crippen LogP contribution < -0.4 is 5.32 Å². The molecule has 1 aromatic carbocycles. The molecule has 1 heterocycles. The molecule has 0 saturated carbocycles. The second kappa shape index (κ2) is 5.08. The van der Waals surface area contributed by atoms with E-state index in [9.17, 15) is 18.0 Å². The lowest BCUT2D eigenvalue weighted by atomic mass is 10.2. The number of halogens is 3. The molecule has 1 aliphatic heterocycles. The van der Waals surface area contributed by atoms with E-state index >= 15 is 0 Å². The molecule has 1 unspecified atom stereocenters. The van der Waals surface area contributed by atoms with Crippen molar-refractivity contribution in [1.29, 1.82) is 0 Å². The topological polar surface area (TPSA) is 50.9 Å². The smallest absolute Gasteiger partial charge is 0.428 e. The van der Waals surface area contributed by atoms with E-state index in [4.69, 9.17) is 4.74 Å². The molecule has 2 rings (SSSR count). The van der Waals surface area contributed by atoms with Gasteiger partial charge in [0.2, 0.25) is 6.10 Å². The molecule has 1 N–H and O–H groups in total. The Labute approximate surface area is 107 Å². The zero-order valence-electron chi connectivity index (χ0n) is 9.98. The Morgan fingerprint density at radius 1 is 1.37 bits per heavy atom. The first-order chi connectivity index (χ1) is 8.88. The number of epoxide rings is 1. The van der Waals surface area contributed by atoms with Crippen molar-refractivity contribution in [3.05, 3.63) is 30.3 Å². The standard InChI is InChI=1S/C12H12F3NO3/c1-7-9(18-7)10(12(13,14)15)19-11(17)16-8-5-3-2-4-6-8/h2-7,9-10H,1H3,(H,16,17)/t7-,9-,10?/m1/s1. The number of carbonyl (C=O) groups excluding carboxylic acids is 1. The number of para-hydroxylation sites is 1. The zero-order valence-corrected chi connectivity index (χ0v) is 9.98. The lowest BCUT2D eigenvalue weighted by Gasteiger charge is -2.19. The number of benzene rings is 1. The third-order valence-corrected chi connectivity index (χ3v) is 2.63. The second-order valence-corrected chi connectivity index (χ2v) is 4.16. The van der Waals surface area contributed by atoms with Crippen LogP contribution >= 0.6 is 0 Å². The van der Waals surface area contributed by atoms with Crippen LogP contribution in [0.2, 0.25) is 0 Å². The summed E-state index contributed by atoms with van der Waals surface area (Å²) in [4.78, 5) is 11.4. The van der Waals surface area contributed by atoms with Gasteiger partial charge in [-0.15, -0.1) is 0 Å². The van der Waals surface area contributed by atoms with Crippen LogP contribution in [0.3, 0.4) is 0 Å². The number of hydrogen-bond acceptors (Lipinski definition) is 3. The normalized spacial score (nSPS) is 23.6. The lowest BCUT2D eigenvalue weighted by molar-refractivity contribution is -0.207. The van der Waals surface area contributed by atoms with Gasteiger partial charge in [-0.2, -0.15) is 13.2 Å². The van der Waals surface area contributed by atoms with Gasteiger partial charge in [0.1, 0.15) is 6.10 Å². The van der Waals surface area contributed by atoms with E-state index in [1.165, 1.54) is 6.92 Å². The quantitative estimate of drug-likeness (QED) is 0.863. The maximum absolute atomic E-state index is 12.7. The maximum Gasteiger partial charge on any atom is 0.428 e. The van der Waals surface area contributed by atoms with Crippen molar-refractivity contribution >= 4 is 11.8 Å². The summed E-state index contributed by atoms with van der Waals surface area (Å²) in [5.74, 6) is 0. The highest BCUT2D eigenvalue weighted by Crippen LogP contribution is 2.36. The second-order valence-electron chi connectivity index (χ2n) is 4.16. The van der Waals surface area contributed by atoms with Gasteiger partial charge in [0.25, 0.3) is 0 Å². The van der Waals surface area contributed by atoms with Crippen LogP contribution in [0, 0.1) is 0 Å². The molecular weight excluding hydrogens is 263 g/mol. The minimum Gasteiger partial charge on any atom is -0.433 e. The molecule has 1 fully saturated rings. The largest absolute Gasteiger partial charge is 0.433 e. The fourth-order valence-electron chi connectivity index (χ4n) is 1.62. The van der Waals surface area contributed by atoms with Gasteiger partial charge in [-0.1, -0.05) is 18.2 Å². The van der Waals surface area contributed by atoms with Crippen molar-refractivity contribution < 1.29 is 27.4 Å². The van der Waals surface area contributed by atoms with Gasteiger partial charge in [0.15, 0.2) is 0 Å². The SMILES string of the molecule is C[C@H]1O[C@H]1C(OC(=O)Nc1ccccc1)C(F)(F)F. The third-order valence-electron chi connectivity index (χ3n) is 2.63. The summed E-state index contributed by atoms with van der Waals surface area (Å²) in [6.07, 6.45) is -9.73. The number of alkyl halides is 3. The minimum atomic E-state index is -4.65. The first-order valence-electron chi connectivity index (χ1n) is 5.63. The predicted molar refractivity (Wildman–Crippen MR) is 60.7 cm³/mol. The molecular formula is C12H12F3NO3. The number of anilines is 1. The molecule has 0 radical (unpaired) electrons. The lowest BCUT2D eigenvalue weighted by Crippen LogP contribution is -2.40. The van der Waals surface area contributed by atoms with Crippen LogP contribution in [0.15, 0.2) is 30.3 Å². The summed E-state index contributed by atoms with van der Waals surface area (Å²) in [7, 11) is 0. The van der Waals surface area contributed by atoms with Crippen LogP contribution in [0.5, 0.6) is 0 Å². The Bertz CT molecular complexity index is 449. The Hall–Kier alpha value is -1.76. The van der Waals surface area contributed by atoms with Gasteiger partial charge < -0.3 is 9.47 Å². The molecule has 0 bridgehead atoms. The van der Waals surface area contributed by atoms with Crippen molar-refractivity contribution in [2.24, 2.45) is 0 Å². The number of amides is 1. The molecule has 4 nitrogen and oxygen atoms in total. The Balaban J connectivity index is 1.96. The molecule has 104 valence electrons. The summed E-state index contributed by atoms with van der Waals surface area (Å²) in [5.41, 5.74) is 0.359. The van der Waals surface area contributed by atoms with E-state index in [1.807, 2.05) is 0 Å². The van der Waals surface area contributed by atoms with Crippen molar-refractivity contribution in [3.63, 3.8) is 0 Å². The molecule has 0 spiro atoms. The molecule has 0 aromatic heterocycles. The first kappa shape index (κ1) is 13.7. The highest BCUT2D eigenvalue weighted by Gasteiger charge is 2.57. The summed E-state index contributed by atoms with van der Waals surface area (Å²) >= 11 is 0. The van der Waals surface area contributed by atoms with Crippen LogP contribution in [0.1, 0.15) is 6.92 Å².